The van der Waals surface area contributed by atoms with Crippen LogP contribution in [0.15, 0.2) is 32.8 Å². The molecule has 2 saturated heterocycles. The number of hydrogen-bond donors (Lipinski definition) is 2. The number of aromatic nitrogens is 2. The molecule has 38 heavy (non-hydrogen) atoms. The molecule has 1 aromatic heterocycles. The topological polar surface area (TPSA) is 158 Å². The summed E-state index contributed by atoms with van der Waals surface area (Å²) >= 11 is 0. The summed E-state index contributed by atoms with van der Waals surface area (Å²) < 4.78 is 5.92. The van der Waals surface area contributed by atoms with Crippen LogP contribution in [0.2, 0.25) is 0 Å². The maximum atomic E-state index is 13.5. The van der Waals surface area contributed by atoms with Gasteiger partial charge in [0.1, 0.15) is 5.56 Å². The number of amides is 4. The van der Waals surface area contributed by atoms with E-state index in [1.807, 2.05) is 6.07 Å². The predicted molar refractivity (Wildman–Crippen MR) is 136 cm³/mol. The van der Waals surface area contributed by atoms with Gasteiger partial charge in [-0.2, -0.15) is 0 Å². The van der Waals surface area contributed by atoms with Crippen LogP contribution in [0.5, 0.6) is 5.88 Å². The molecule has 0 aliphatic carbocycles. The Labute approximate surface area is 216 Å². The van der Waals surface area contributed by atoms with Crippen molar-refractivity contribution in [2.45, 2.75) is 31.8 Å². The quantitative estimate of drug-likeness (QED) is 0.415. The molecule has 0 saturated carbocycles. The first-order chi connectivity index (χ1) is 18.1. The number of fused-ring (bicyclic) bond motifs is 4. The Morgan fingerprint density at radius 2 is 1.87 bits per heavy atom. The van der Waals surface area contributed by atoms with Gasteiger partial charge in [0.15, 0.2) is 5.41 Å². The minimum Gasteiger partial charge on any atom is -0.494 e. The zero-order valence-corrected chi connectivity index (χ0v) is 21.3. The van der Waals surface area contributed by atoms with Gasteiger partial charge in [0.05, 0.1) is 24.9 Å². The molecular formula is C25H28N6O7. The van der Waals surface area contributed by atoms with E-state index in [2.05, 4.69) is 14.9 Å². The number of nitrogens with zero attached hydrogens (tertiary/aromatic N) is 5. The van der Waals surface area contributed by atoms with E-state index in [-0.39, 0.29) is 31.2 Å². The lowest BCUT2D eigenvalue weighted by molar-refractivity contribution is -0.159. The Hall–Kier alpha value is -4.26. The van der Waals surface area contributed by atoms with E-state index >= 15 is 0 Å². The fraction of sp³-hybridized carbons (Fsp3) is 0.440. The van der Waals surface area contributed by atoms with Crippen LogP contribution in [-0.4, -0.2) is 88.9 Å². The molecule has 3 aliphatic heterocycles. The fourth-order valence-electron chi connectivity index (χ4n) is 5.81. The third kappa shape index (κ3) is 3.64. The van der Waals surface area contributed by atoms with Crippen molar-refractivity contribution in [3.8, 4) is 5.88 Å². The number of aromatic amines is 1. The summed E-state index contributed by atoms with van der Waals surface area (Å²) in [6, 6.07) is 4.29. The summed E-state index contributed by atoms with van der Waals surface area (Å²) in [6.07, 6.45) is 2.70. The molecular weight excluding hydrogens is 496 g/mol. The minimum atomic E-state index is -1.44. The number of carbonyl (C=O) groups is 3. The number of benzene rings is 1. The van der Waals surface area contributed by atoms with Gasteiger partial charge >= 0.3 is 11.7 Å². The second-order valence-electron chi connectivity index (χ2n) is 9.72. The zero-order valence-electron chi connectivity index (χ0n) is 21.3. The monoisotopic (exact) mass is 524 g/mol. The van der Waals surface area contributed by atoms with Crippen molar-refractivity contribution in [1.82, 2.24) is 19.4 Å². The lowest BCUT2D eigenvalue weighted by Crippen LogP contribution is -2.70. The number of hydrogen-bond acceptors (Lipinski definition) is 9. The summed E-state index contributed by atoms with van der Waals surface area (Å²) in [5.74, 6) is -1.57. The van der Waals surface area contributed by atoms with Crippen molar-refractivity contribution in [3.05, 3.63) is 50.2 Å². The fourth-order valence-corrected chi connectivity index (χ4v) is 5.81. The lowest BCUT2D eigenvalue weighted by atomic mass is 9.68. The molecule has 2 aromatic rings. The number of aromatic hydroxyl groups is 1. The second-order valence-corrected chi connectivity index (χ2v) is 9.72. The first-order valence-corrected chi connectivity index (χ1v) is 12.2. The number of aliphatic imine (C=N–C) groups is 1. The van der Waals surface area contributed by atoms with Gasteiger partial charge in [-0.1, -0.05) is 0 Å². The Morgan fingerprint density at radius 3 is 2.55 bits per heavy atom. The number of rotatable bonds is 5. The molecule has 0 radical (unpaired) electrons. The molecule has 1 spiro atoms. The summed E-state index contributed by atoms with van der Waals surface area (Å²) in [4.78, 5) is 74.5. The smallest absolute Gasteiger partial charge is 0.332 e. The molecule has 3 aliphatic rings. The average molecular weight is 525 g/mol. The number of H-pyrrole nitrogens is 1. The zero-order chi connectivity index (χ0) is 27.4. The number of imide groups is 2. The van der Waals surface area contributed by atoms with Crippen molar-refractivity contribution >= 4 is 35.4 Å². The highest BCUT2D eigenvalue weighted by Crippen LogP contribution is 2.49. The van der Waals surface area contributed by atoms with Crippen molar-refractivity contribution in [2.24, 2.45) is 10.4 Å². The highest BCUT2D eigenvalue weighted by molar-refractivity contribution is 6.20. The summed E-state index contributed by atoms with van der Waals surface area (Å²) in [5, 5.41) is 10.5. The van der Waals surface area contributed by atoms with E-state index in [0.29, 0.717) is 24.2 Å². The number of methoxy groups -OCH3 is 1. The van der Waals surface area contributed by atoms with Crippen molar-refractivity contribution < 1.29 is 24.2 Å². The largest absolute Gasteiger partial charge is 0.494 e. The molecule has 0 bridgehead atoms. The minimum absolute atomic E-state index is 0.0319. The summed E-state index contributed by atoms with van der Waals surface area (Å²) in [5.41, 5.74) is -1.19. The summed E-state index contributed by atoms with van der Waals surface area (Å²) in [6.45, 7) is 0.841. The molecule has 1 atom stereocenters. The van der Waals surface area contributed by atoms with E-state index < -0.39 is 40.4 Å². The van der Waals surface area contributed by atoms with E-state index in [0.717, 1.165) is 32.7 Å². The normalized spacial score (nSPS) is 20.6. The molecule has 5 rings (SSSR count). The van der Waals surface area contributed by atoms with Crippen LogP contribution in [0.3, 0.4) is 0 Å². The summed E-state index contributed by atoms with van der Waals surface area (Å²) in [7, 11) is 4.23. The molecule has 13 nitrogen and oxygen atoms in total. The Bertz CT molecular complexity index is 1470. The van der Waals surface area contributed by atoms with Crippen molar-refractivity contribution in [2.75, 3.05) is 39.3 Å². The van der Waals surface area contributed by atoms with E-state index in [1.165, 1.54) is 21.2 Å². The van der Waals surface area contributed by atoms with Crippen LogP contribution in [0.4, 0.5) is 16.2 Å². The van der Waals surface area contributed by atoms with Gasteiger partial charge < -0.3 is 14.7 Å². The highest BCUT2D eigenvalue weighted by Gasteiger charge is 2.63. The number of anilines is 1. The average Bonchev–Trinajstić information content (AvgIpc) is 3.40. The number of urea groups is 1. The highest BCUT2D eigenvalue weighted by atomic mass is 16.5. The van der Waals surface area contributed by atoms with E-state index in [9.17, 15) is 29.1 Å². The van der Waals surface area contributed by atoms with Crippen molar-refractivity contribution in [3.63, 3.8) is 0 Å². The van der Waals surface area contributed by atoms with Gasteiger partial charge in [-0.25, -0.2) is 9.59 Å². The molecule has 2 N–H and O–H groups in total. The molecule has 4 amide bonds. The number of nitrogens with one attached hydrogen (secondary N) is 1. The van der Waals surface area contributed by atoms with Crippen LogP contribution < -0.4 is 16.1 Å². The molecule has 4 heterocycles. The standard InChI is InChI=1S/C25H28N6O7/c1-28-21(34)25(22(35)29(2)24(28)37)12-14-11-15(6-7-17(14)30-8-4-5-18(25)30)26-13-16-19(32)27-23(36)31(20(16)33)9-10-38-3/h6-7,11,13,18,33H,4-5,8-10,12H2,1-3H3,(H,27,32,36)/t18-/m0/s1. The Morgan fingerprint density at radius 1 is 1.16 bits per heavy atom. The SMILES string of the molecule is COCCn1c(O)c(C=Nc2ccc3c(c2)CC2(C(=O)N(C)C(=O)N(C)C2=O)[C@@H]2CCCN32)c(=O)[nH]c1=O. The first-order valence-electron chi connectivity index (χ1n) is 12.2. The van der Waals surface area contributed by atoms with Crippen molar-refractivity contribution in [1.29, 1.82) is 0 Å². The van der Waals surface area contributed by atoms with Gasteiger partial charge in [0.2, 0.25) is 17.7 Å². The Kier molecular flexibility index (Phi) is 6.18. The van der Waals surface area contributed by atoms with Crippen LogP contribution >= 0.6 is 0 Å². The van der Waals surface area contributed by atoms with Gasteiger partial charge in [0, 0.05) is 39.7 Å². The van der Waals surface area contributed by atoms with E-state index in [4.69, 9.17) is 4.74 Å². The third-order valence-corrected chi connectivity index (χ3v) is 7.68. The number of barbiturate groups is 1. The molecule has 13 heteroatoms. The molecule has 2 fully saturated rings. The predicted octanol–water partition coefficient (Wildman–Crippen LogP) is 0.201. The maximum Gasteiger partial charge on any atom is 0.332 e. The van der Waals surface area contributed by atoms with Crippen LogP contribution in [0.25, 0.3) is 0 Å². The second kappa shape index (κ2) is 9.24. The molecule has 1 aromatic carbocycles. The molecule has 0 unspecified atom stereocenters. The molecule has 200 valence electrons. The van der Waals surface area contributed by atoms with Gasteiger partial charge in [-0.15, -0.1) is 0 Å². The van der Waals surface area contributed by atoms with Gasteiger partial charge in [-0.3, -0.25) is 38.7 Å². The van der Waals surface area contributed by atoms with E-state index in [1.54, 1.807) is 12.1 Å². The van der Waals surface area contributed by atoms with Gasteiger partial charge in [-0.05, 0) is 43.0 Å². The maximum absolute atomic E-state index is 13.5. The third-order valence-electron chi connectivity index (χ3n) is 7.68. The number of carbonyl (C=O) groups excluding carboxylic acids is 3. The van der Waals surface area contributed by atoms with Crippen LogP contribution in [0.1, 0.15) is 24.0 Å². The first kappa shape index (κ1) is 25.4. The van der Waals surface area contributed by atoms with Crippen LogP contribution in [0, 0.1) is 5.41 Å². The van der Waals surface area contributed by atoms with Crippen LogP contribution in [-0.2, 0) is 27.3 Å². The Balaban J connectivity index is 1.54. The lowest BCUT2D eigenvalue weighted by Gasteiger charge is -2.50. The number of ether oxygens (including phenoxy) is 1. The van der Waals surface area contributed by atoms with Gasteiger partial charge in [0.25, 0.3) is 5.56 Å².